The topological polar surface area (TPSA) is 50.7 Å². The molecule has 0 spiro atoms. The van der Waals surface area contributed by atoms with Gasteiger partial charge in [0, 0.05) is 13.2 Å². The summed E-state index contributed by atoms with van der Waals surface area (Å²) in [5, 5.41) is 4.29. The van der Waals surface area contributed by atoms with E-state index in [2.05, 4.69) is 10.3 Å². The molecule has 0 aromatic rings. The number of ether oxygens (including phenoxy) is 1. The zero-order valence-electron chi connectivity index (χ0n) is 10.9. The van der Waals surface area contributed by atoms with Crippen LogP contribution in [-0.2, 0) is 9.53 Å². The van der Waals surface area contributed by atoms with E-state index in [1.165, 1.54) is 37.4 Å². The first-order valence-electron chi connectivity index (χ1n) is 6.68. The van der Waals surface area contributed by atoms with Gasteiger partial charge in [0.15, 0.2) is 5.17 Å². The van der Waals surface area contributed by atoms with Crippen LogP contribution in [0.15, 0.2) is 4.99 Å². The van der Waals surface area contributed by atoms with Crippen LogP contribution in [0, 0.1) is 11.8 Å². The largest absolute Gasteiger partial charge is 0.383 e. The lowest BCUT2D eigenvalue weighted by molar-refractivity contribution is -0.120. The van der Waals surface area contributed by atoms with Gasteiger partial charge in [-0.15, -0.1) is 0 Å². The lowest BCUT2D eigenvalue weighted by Gasteiger charge is -2.24. The summed E-state index contributed by atoms with van der Waals surface area (Å²) in [5.74, 6) is 1.63. The van der Waals surface area contributed by atoms with Crippen molar-refractivity contribution in [3.63, 3.8) is 0 Å². The van der Waals surface area contributed by atoms with Gasteiger partial charge in [0.25, 0.3) is 5.91 Å². The van der Waals surface area contributed by atoms with Gasteiger partial charge < -0.3 is 10.1 Å². The Kier molecular flexibility index (Phi) is 3.14. The Morgan fingerprint density at radius 3 is 2.94 bits per heavy atom. The zero-order chi connectivity index (χ0) is 12.8. The van der Waals surface area contributed by atoms with Gasteiger partial charge in [0.2, 0.25) is 0 Å². The number of methoxy groups -OCH3 is 1. The van der Waals surface area contributed by atoms with Crippen LogP contribution in [0.4, 0.5) is 0 Å². The number of fused-ring (bicyclic) bond motifs is 2. The first-order valence-corrected chi connectivity index (χ1v) is 7.50. The molecule has 0 aromatic carbocycles. The Morgan fingerprint density at radius 1 is 1.50 bits per heavy atom. The van der Waals surface area contributed by atoms with Gasteiger partial charge in [-0.2, -0.15) is 4.99 Å². The van der Waals surface area contributed by atoms with E-state index in [1.807, 2.05) is 6.92 Å². The second-order valence-electron chi connectivity index (χ2n) is 5.91. The predicted octanol–water partition coefficient (Wildman–Crippen LogP) is 1.80. The zero-order valence-corrected chi connectivity index (χ0v) is 11.8. The third-order valence-corrected chi connectivity index (χ3v) is 5.59. The molecule has 0 radical (unpaired) electrons. The van der Waals surface area contributed by atoms with Crippen LogP contribution in [0.25, 0.3) is 0 Å². The van der Waals surface area contributed by atoms with Gasteiger partial charge in [-0.05, 0) is 38.0 Å². The van der Waals surface area contributed by atoms with E-state index in [1.54, 1.807) is 7.11 Å². The first-order chi connectivity index (χ1) is 8.60. The number of hydrogen-bond acceptors (Lipinski definition) is 4. The second-order valence-corrected chi connectivity index (χ2v) is 7.41. The third kappa shape index (κ3) is 2.07. The highest BCUT2D eigenvalue weighted by atomic mass is 32.2. The van der Waals surface area contributed by atoms with Crippen LogP contribution in [0.1, 0.15) is 32.6 Å². The molecule has 18 heavy (non-hydrogen) atoms. The number of nitrogens with one attached hydrogen (secondary N) is 1. The molecule has 4 atom stereocenters. The quantitative estimate of drug-likeness (QED) is 0.848. The average molecular weight is 268 g/mol. The number of carbonyl (C=O) groups excluding carboxylic acids is 1. The molecule has 100 valence electrons. The Bertz CT molecular complexity index is 398. The number of nitrogens with zero attached hydrogens (tertiary/aromatic N) is 1. The van der Waals surface area contributed by atoms with Crippen molar-refractivity contribution < 1.29 is 9.53 Å². The van der Waals surface area contributed by atoms with Gasteiger partial charge >= 0.3 is 0 Å². The van der Waals surface area contributed by atoms with Gasteiger partial charge in [-0.3, -0.25) is 4.79 Å². The smallest absolute Gasteiger partial charge is 0.266 e. The Balaban J connectivity index is 1.62. The monoisotopic (exact) mass is 268 g/mol. The van der Waals surface area contributed by atoms with Crippen molar-refractivity contribution in [1.29, 1.82) is 0 Å². The van der Waals surface area contributed by atoms with Crippen molar-refractivity contribution in [1.82, 2.24) is 5.32 Å². The number of amides is 1. The SMILES string of the molecule is COCC1(C)SC(N[C@H]2C[C@@H]3CC[C@H]2C3)=NC1=O. The Labute approximate surface area is 112 Å². The highest BCUT2D eigenvalue weighted by molar-refractivity contribution is 8.16. The minimum Gasteiger partial charge on any atom is -0.383 e. The van der Waals surface area contributed by atoms with Crippen molar-refractivity contribution in [3.8, 4) is 0 Å². The summed E-state index contributed by atoms with van der Waals surface area (Å²) >= 11 is 1.52. The van der Waals surface area contributed by atoms with Crippen molar-refractivity contribution in [3.05, 3.63) is 0 Å². The summed E-state index contributed by atoms with van der Waals surface area (Å²) in [6.45, 7) is 2.32. The summed E-state index contributed by atoms with van der Waals surface area (Å²) < 4.78 is 4.59. The lowest BCUT2D eigenvalue weighted by Crippen LogP contribution is -2.38. The number of carbonyl (C=O) groups is 1. The molecule has 4 nitrogen and oxygen atoms in total. The molecule has 1 N–H and O–H groups in total. The molecule has 3 rings (SSSR count). The fourth-order valence-corrected chi connectivity index (χ4v) is 4.57. The fourth-order valence-electron chi connectivity index (χ4n) is 3.50. The number of aliphatic imine (C=N–C) groups is 1. The van der Waals surface area contributed by atoms with Crippen LogP contribution in [-0.4, -0.2) is 35.6 Å². The van der Waals surface area contributed by atoms with Crippen molar-refractivity contribution >= 4 is 22.8 Å². The highest BCUT2D eigenvalue weighted by Crippen LogP contribution is 2.45. The van der Waals surface area contributed by atoms with E-state index in [0.29, 0.717) is 12.6 Å². The van der Waals surface area contributed by atoms with Crippen LogP contribution in [0.2, 0.25) is 0 Å². The van der Waals surface area contributed by atoms with Crippen LogP contribution >= 0.6 is 11.8 Å². The minimum absolute atomic E-state index is 0.0694. The maximum Gasteiger partial charge on any atom is 0.266 e. The average Bonchev–Trinajstić information content (AvgIpc) is 2.96. The van der Waals surface area contributed by atoms with Crippen LogP contribution in [0.3, 0.4) is 0 Å². The molecule has 2 saturated carbocycles. The number of thioether (sulfide) groups is 1. The molecule has 2 bridgehead atoms. The van der Waals surface area contributed by atoms with Gasteiger partial charge in [-0.1, -0.05) is 18.2 Å². The van der Waals surface area contributed by atoms with E-state index in [-0.39, 0.29) is 5.91 Å². The minimum atomic E-state index is -0.533. The fraction of sp³-hybridized carbons (Fsp3) is 0.846. The predicted molar refractivity (Wildman–Crippen MR) is 72.7 cm³/mol. The maximum absolute atomic E-state index is 11.9. The van der Waals surface area contributed by atoms with Gasteiger partial charge in [0.1, 0.15) is 4.75 Å². The van der Waals surface area contributed by atoms with Crippen molar-refractivity contribution in [2.24, 2.45) is 16.8 Å². The summed E-state index contributed by atoms with van der Waals surface area (Å²) in [7, 11) is 1.63. The molecule has 3 aliphatic rings. The molecular formula is C13H20N2O2S. The van der Waals surface area contributed by atoms with E-state index in [0.717, 1.165) is 17.0 Å². The Morgan fingerprint density at radius 2 is 2.33 bits per heavy atom. The summed E-state index contributed by atoms with van der Waals surface area (Å²) in [4.78, 5) is 16.1. The van der Waals surface area contributed by atoms with E-state index in [4.69, 9.17) is 4.74 Å². The molecule has 1 amide bonds. The van der Waals surface area contributed by atoms with Crippen molar-refractivity contribution in [2.45, 2.75) is 43.4 Å². The maximum atomic E-state index is 11.9. The summed E-state index contributed by atoms with van der Waals surface area (Å²) in [6.07, 6.45) is 5.34. The van der Waals surface area contributed by atoms with Crippen LogP contribution < -0.4 is 5.32 Å². The van der Waals surface area contributed by atoms with Crippen molar-refractivity contribution in [2.75, 3.05) is 13.7 Å². The second kappa shape index (κ2) is 4.53. The summed E-state index contributed by atoms with van der Waals surface area (Å²) in [5.41, 5.74) is 0. The Hall–Kier alpha value is -0.550. The third-order valence-electron chi connectivity index (χ3n) is 4.44. The number of hydrogen-bond donors (Lipinski definition) is 1. The van der Waals surface area contributed by atoms with Crippen LogP contribution in [0.5, 0.6) is 0 Å². The number of rotatable bonds is 3. The molecule has 2 aliphatic carbocycles. The van der Waals surface area contributed by atoms with E-state index >= 15 is 0 Å². The highest BCUT2D eigenvalue weighted by Gasteiger charge is 2.44. The summed E-state index contributed by atoms with van der Waals surface area (Å²) in [6, 6.07) is 0.535. The molecule has 0 aromatic heterocycles. The van der Waals surface area contributed by atoms with Gasteiger partial charge in [0.05, 0.1) is 6.61 Å². The number of amidine groups is 1. The molecule has 0 saturated heterocycles. The molecule has 1 aliphatic heterocycles. The van der Waals surface area contributed by atoms with E-state index in [9.17, 15) is 4.79 Å². The standard InChI is InChI=1S/C13H20N2O2S/c1-13(7-17-2)11(16)15-12(18-13)14-10-6-8-3-4-9(10)5-8/h8-10H,3-7H2,1-2H3,(H,14,15,16)/t8-,9+,10+,13?/m1/s1. The molecule has 1 heterocycles. The lowest BCUT2D eigenvalue weighted by atomic mass is 9.96. The normalized spacial score (nSPS) is 42.4. The van der Waals surface area contributed by atoms with E-state index < -0.39 is 4.75 Å². The van der Waals surface area contributed by atoms with Gasteiger partial charge in [-0.25, -0.2) is 0 Å². The molecular weight excluding hydrogens is 248 g/mol. The molecule has 1 unspecified atom stereocenters. The first kappa shape index (κ1) is 12.5. The molecule has 5 heteroatoms. The molecule has 2 fully saturated rings.